The number of hydrogen-bond donors (Lipinski definition) is 1. The van der Waals surface area contributed by atoms with E-state index in [1.165, 1.54) is 23.4 Å². The first-order valence-electron chi connectivity index (χ1n) is 8.02. The number of thiazole rings is 1. The van der Waals surface area contributed by atoms with Crippen LogP contribution in [-0.4, -0.2) is 27.9 Å². The third-order valence-electron chi connectivity index (χ3n) is 4.06. The maximum atomic E-state index is 12.3. The Morgan fingerprint density at radius 1 is 1.43 bits per heavy atom. The van der Waals surface area contributed by atoms with Crippen molar-refractivity contribution in [3.63, 3.8) is 0 Å². The Kier molecular flexibility index (Phi) is 4.91. The van der Waals surface area contributed by atoms with Crippen LogP contribution in [0.5, 0.6) is 0 Å². The van der Waals surface area contributed by atoms with Crippen molar-refractivity contribution in [1.82, 2.24) is 20.2 Å². The second kappa shape index (κ2) is 7.08. The van der Waals surface area contributed by atoms with E-state index in [1.54, 1.807) is 35.7 Å². The molecule has 0 fully saturated rings. The predicted octanol–water partition coefficient (Wildman–Crippen LogP) is 3.32. The average Bonchev–Trinajstić information content (AvgIpc) is 3.00. The summed E-state index contributed by atoms with van der Waals surface area (Å²) >= 11 is 1.75. The van der Waals surface area contributed by atoms with Crippen molar-refractivity contribution in [3.05, 3.63) is 45.7 Å². The maximum absolute atomic E-state index is 12.3. The first-order chi connectivity index (χ1) is 11.1. The number of nitrogens with zero attached hydrogens (tertiary/aromatic N) is 3. The van der Waals surface area contributed by atoms with Gasteiger partial charge < -0.3 is 10.2 Å². The van der Waals surface area contributed by atoms with Crippen LogP contribution in [0.3, 0.4) is 0 Å². The molecule has 23 heavy (non-hydrogen) atoms. The molecule has 2 aromatic rings. The zero-order chi connectivity index (χ0) is 16.2. The number of fused-ring (bicyclic) bond motifs is 1. The summed E-state index contributed by atoms with van der Waals surface area (Å²) in [7, 11) is 1.79. The highest BCUT2D eigenvalue weighted by Gasteiger charge is 2.20. The number of urea groups is 1. The lowest BCUT2D eigenvalue weighted by molar-refractivity contribution is 0.203. The van der Waals surface area contributed by atoms with E-state index in [2.05, 4.69) is 10.3 Å². The van der Waals surface area contributed by atoms with Gasteiger partial charge in [-0.05, 0) is 44.2 Å². The largest absolute Gasteiger partial charge is 0.329 e. The highest BCUT2D eigenvalue weighted by Crippen LogP contribution is 2.29. The lowest BCUT2D eigenvalue weighted by Gasteiger charge is -2.20. The van der Waals surface area contributed by atoms with Crippen molar-refractivity contribution in [2.45, 2.75) is 45.2 Å². The topological polar surface area (TPSA) is 58.1 Å². The lowest BCUT2D eigenvalue weighted by atomic mass is 10.0. The fraction of sp³-hybridized carbons (Fsp3) is 0.471. The Morgan fingerprint density at radius 3 is 3.00 bits per heavy atom. The van der Waals surface area contributed by atoms with Gasteiger partial charge in [-0.2, -0.15) is 0 Å². The molecule has 0 saturated heterocycles. The van der Waals surface area contributed by atoms with Crippen molar-refractivity contribution in [3.8, 4) is 0 Å². The molecule has 1 unspecified atom stereocenters. The molecule has 6 heteroatoms. The van der Waals surface area contributed by atoms with E-state index in [9.17, 15) is 4.79 Å². The van der Waals surface area contributed by atoms with Gasteiger partial charge >= 0.3 is 6.03 Å². The minimum absolute atomic E-state index is 0.0607. The standard InChI is InChI=1S/C17H22N4OS/c1-12(16-20-14-7-3-4-8-15(14)23-16)19-17(22)21(2)11-13-6-5-9-18-10-13/h5-6,9-10,12H,3-4,7-8,11H2,1-2H3,(H,19,22). The molecule has 1 aliphatic carbocycles. The Morgan fingerprint density at radius 2 is 2.26 bits per heavy atom. The van der Waals surface area contributed by atoms with Crippen molar-refractivity contribution >= 4 is 17.4 Å². The number of pyridine rings is 1. The number of amides is 2. The number of carbonyl (C=O) groups excluding carboxylic acids is 1. The molecule has 1 aliphatic rings. The van der Waals surface area contributed by atoms with Gasteiger partial charge in [-0.15, -0.1) is 11.3 Å². The van der Waals surface area contributed by atoms with Crippen LogP contribution in [-0.2, 0) is 19.4 Å². The Balaban J connectivity index is 1.59. The summed E-state index contributed by atoms with van der Waals surface area (Å²) in [6, 6.07) is 3.70. The minimum Gasteiger partial charge on any atom is -0.329 e. The van der Waals surface area contributed by atoms with Crippen molar-refractivity contribution < 1.29 is 4.79 Å². The zero-order valence-electron chi connectivity index (χ0n) is 13.6. The second-order valence-corrected chi connectivity index (χ2v) is 7.13. The molecule has 0 saturated carbocycles. The van der Waals surface area contributed by atoms with Crippen LogP contribution >= 0.6 is 11.3 Å². The Hall–Kier alpha value is -1.95. The van der Waals surface area contributed by atoms with Gasteiger partial charge in [0.1, 0.15) is 5.01 Å². The summed E-state index contributed by atoms with van der Waals surface area (Å²) < 4.78 is 0. The van der Waals surface area contributed by atoms with E-state index in [0.717, 1.165) is 23.4 Å². The van der Waals surface area contributed by atoms with Crippen molar-refractivity contribution in [1.29, 1.82) is 0 Å². The van der Waals surface area contributed by atoms with Gasteiger partial charge in [-0.1, -0.05) is 6.07 Å². The van der Waals surface area contributed by atoms with Crippen LogP contribution in [0.2, 0.25) is 0 Å². The van der Waals surface area contributed by atoms with E-state index in [-0.39, 0.29) is 12.1 Å². The van der Waals surface area contributed by atoms with Crippen LogP contribution in [0.1, 0.15) is 46.9 Å². The maximum Gasteiger partial charge on any atom is 0.317 e. The Labute approximate surface area is 140 Å². The van der Waals surface area contributed by atoms with Gasteiger partial charge in [0.05, 0.1) is 11.7 Å². The third-order valence-corrected chi connectivity index (χ3v) is 5.40. The van der Waals surface area contributed by atoms with Crippen LogP contribution < -0.4 is 5.32 Å². The van der Waals surface area contributed by atoms with Crippen molar-refractivity contribution in [2.75, 3.05) is 7.05 Å². The average molecular weight is 330 g/mol. The normalized spacial score (nSPS) is 14.9. The molecule has 2 amide bonds. The second-order valence-electron chi connectivity index (χ2n) is 6.02. The molecule has 0 aromatic carbocycles. The lowest BCUT2D eigenvalue weighted by Crippen LogP contribution is -2.38. The van der Waals surface area contributed by atoms with E-state index in [4.69, 9.17) is 4.98 Å². The van der Waals surface area contributed by atoms with E-state index in [1.807, 2.05) is 19.1 Å². The summed E-state index contributed by atoms with van der Waals surface area (Å²) in [6.45, 7) is 2.54. The van der Waals surface area contributed by atoms with Crippen LogP contribution in [0.25, 0.3) is 0 Å². The van der Waals surface area contributed by atoms with E-state index >= 15 is 0 Å². The number of hydrogen-bond acceptors (Lipinski definition) is 4. The molecule has 2 heterocycles. The summed E-state index contributed by atoms with van der Waals surface area (Å²) in [5.41, 5.74) is 2.25. The summed E-state index contributed by atoms with van der Waals surface area (Å²) in [5, 5.41) is 4.05. The summed E-state index contributed by atoms with van der Waals surface area (Å²) in [4.78, 5) is 24.2. The zero-order valence-corrected chi connectivity index (χ0v) is 14.4. The first kappa shape index (κ1) is 15.9. The van der Waals surface area contributed by atoms with E-state index < -0.39 is 0 Å². The SMILES string of the molecule is CC(NC(=O)N(C)Cc1cccnc1)c1nc2c(s1)CCCC2. The molecule has 0 spiro atoms. The van der Waals surface area contributed by atoms with Gasteiger partial charge in [0.15, 0.2) is 0 Å². The minimum atomic E-state index is -0.0884. The smallest absolute Gasteiger partial charge is 0.317 e. The van der Waals surface area contributed by atoms with Crippen LogP contribution in [0, 0.1) is 0 Å². The number of aryl methyl sites for hydroxylation is 2. The highest BCUT2D eigenvalue weighted by atomic mass is 32.1. The molecule has 122 valence electrons. The van der Waals surface area contributed by atoms with Gasteiger partial charge in [-0.25, -0.2) is 9.78 Å². The number of rotatable bonds is 4. The molecular weight excluding hydrogens is 308 g/mol. The summed E-state index contributed by atoms with van der Waals surface area (Å²) in [5.74, 6) is 0. The fourth-order valence-corrected chi connectivity index (χ4v) is 3.91. The molecule has 0 aliphatic heterocycles. The van der Waals surface area contributed by atoms with Gasteiger partial charge in [0.2, 0.25) is 0 Å². The molecular formula is C17H22N4OS. The molecule has 1 N–H and O–H groups in total. The van der Waals surface area contributed by atoms with Crippen LogP contribution in [0.4, 0.5) is 4.79 Å². The fourth-order valence-electron chi connectivity index (χ4n) is 2.75. The van der Waals surface area contributed by atoms with E-state index in [0.29, 0.717) is 6.54 Å². The molecule has 1 atom stereocenters. The van der Waals surface area contributed by atoms with Gasteiger partial charge in [0.25, 0.3) is 0 Å². The summed E-state index contributed by atoms with van der Waals surface area (Å²) in [6.07, 6.45) is 8.20. The predicted molar refractivity (Wildman–Crippen MR) is 91.4 cm³/mol. The molecule has 0 radical (unpaired) electrons. The highest BCUT2D eigenvalue weighted by molar-refractivity contribution is 7.11. The number of carbonyl (C=O) groups is 1. The molecule has 2 aromatic heterocycles. The quantitative estimate of drug-likeness (QED) is 0.935. The molecule has 3 rings (SSSR count). The Bertz CT molecular complexity index is 647. The van der Waals surface area contributed by atoms with Gasteiger partial charge in [0, 0.05) is 30.9 Å². The number of aromatic nitrogens is 2. The molecule has 5 nitrogen and oxygen atoms in total. The third kappa shape index (κ3) is 3.88. The molecule has 0 bridgehead atoms. The number of nitrogens with one attached hydrogen (secondary N) is 1. The first-order valence-corrected chi connectivity index (χ1v) is 8.84. The monoisotopic (exact) mass is 330 g/mol. The van der Waals surface area contributed by atoms with Gasteiger partial charge in [-0.3, -0.25) is 4.98 Å². The van der Waals surface area contributed by atoms with Crippen LogP contribution in [0.15, 0.2) is 24.5 Å². The van der Waals surface area contributed by atoms with Crippen molar-refractivity contribution in [2.24, 2.45) is 0 Å².